The highest BCUT2D eigenvalue weighted by molar-refractivity contribution is 5.91. The van der Waals surface area contributed by atoms with Crippen LogP contribution in [0.4, 0.5) is 11.5 Å². The molecule has 2 heterocycles. The summed E-state index contributed by atoms with van der Waals surface area (Å²) in [6.07, 6.45) is 3.80. The minimum absolute atomic E-state index is 0.623. The van der Waals surface area contributed by atoms with E-state index >= 15 is 0 Å². The van der Waals surface area contributed by atoms with Crippen molar-refractivity contribution in [1.82, 2.24) is 9.88 Å². The van der Waals surface area contributed by atoms with E-state index < -0.39 is 0 Å². The van der Waals surface area contributed by atoms with Gasteiger partial charge in [0, 0.05) is 45.5 Å². The van der Waals surface area contributed by atoms with Crippen molar-refractivity contribution in [2.75, 3.05) is 42.9 Å². The Bertz CT molecular complexity index is 724. The van der Waals surface area contributed by atoms with Gasteiger partial charge < -0.3 is 10.2 Å². The molecular weight excluding hydrogens is 336 g/mol. The number of carbonyl (C=O) groups excluding carboxylic acids is 1. The highest BCUT2D eigenvalue weighted by Gasteiger charge is 2.21. The van der Waals surface area contributed by atoms with Crippen LogP contribution in [0, 0.1) is 5.92 Å². The Balaban J connectivity index is 1.62. The van der Waals surface area contributed by atoms with E-state index in [-0.39, 0.29) is 0 Å². The third kappa shape index (κ3) is 5.30. The normalized spacial score (nSPS) is 15.1. The van der Waals surface area contributed by atoms with Crippen LogP contribution >= 0.6 is 0 Å². The molecule has 0 bridgehead atoms. The van der Waals surface area contributed by atoms with Crippen molar-refractivity contribution in [3.8, 4) is 0 Å². The summed E-state index contributed by atoms with van der Waals surface area (Å²) in [5.41, 5.74) is 3.02. The van der Waals surface area contributed by atoms with E-state index in [9.17, 15) is 4.79 Å². The zero-order valence-corrected chi connectivity index (χ0v) is 16.4. The maximum absolute atomic E-state index is 11.8. The Morgan fingerprint density at radius 1 is 1.11 bits per heavy atom. The van der Waals surface area contributed by atoms with Gasteiger partial charge in [-0.3, -0.25) is 9.69 Å². The number of hydrogen-bond donors (Lipinski definition) is 1. The van der Waals surface area contributed by atoms with Crippen LogP contribution in [0.2, 0.25) is 0 Å². The quantitative estimate of drug-likeness (QED) is 0.722. The molecule has 0 spiro atoms. The summed E-state index contributed by atoms with van der Waals surface area (Å²) in [5, 5.41) is 3.34. The van der Waals surface area contributed by atoms with Crippen LogP contribution in [0.1, 0.15) is 36.2 Å². The summed E-state index contributed by atoms with van der Waals surface area (Å²) in [4.78, 5) is 20.9. The molecule has 0 saturated carbocycles. The zero-order chi connectivity index (χ0) is 19.1. The average Bonchev–Trinajstić information content (AvgIpc) is 2.69. The number of nitrogens with one attached hydrogen (secondary N) is 1. The van der Waals surface area contributed by atoms with Gasteiger partial charge in [0.05, 0.1) is 11.3 Å². The van der Waals surface area contributed by atoms with Gasteiger partial charge in [-0.15, -0.1) is 0 Å². The summed E-state index contributed by atoms with van der Waals surface area (Å²) in [6, 6.07) is 12.5. The van der Waals surface area contributed by atoms with E-state index in [0.29, 0.717) is 17.3 Å². The fraction of sp³-hybridized carbons (Fsp3) is 0.455. The van der Waals surface area contributed by atoms with Crippen molar-refractivity contribution >= 4 is 17.8 Å². The Hall–Kier alpha value is -2.40. The molecule has 0 radical (unpaired) electrons. The predicted octanol–water partition coefficient (Wildman–Crippen LogP) is 3.67. The van der Waals surface area contributed by atoms with E-state index in [2.05, 4.69) is 64.3 Å². The number of hydrogen-bond acceptors (Lipinski definition) is 5. The first-order valence-electron chi connectivity index (χ1n) is 9.86. The maximum Gasteiger partial charge on any atom is 0.155 e. The van der Waals surface area contributed by atoms with Crippen LogP contribution in [0.15, 0.2) is 42.6 Å². The molecular formula is C22H30N4O. The molecule has 1 N–H and O–H groups in total. The first-order valence-corrected chi connectivity index (χ1v) is 9.86. The van der Waals surface area contributed by atoms with Gasteiger partial charge in [-0.2, -0.15) is 0 Å². The number of piperazine rings is 1. The number of carbonyl (C=O) groups is 1. The molecule has 1 fully saturated rings. The molecule has 144 valence electrons. The van der Waals surface area contributed by atoms with Crippen LogP contribution in [0.5, 0.6) is 0 Å². The molecule has 5 heteroatoms. The van der Waals surface area contributed by atoms with Gasteiger partial charge in [-0.05, 0) is 24.0 Å². The average molecular weight is 367 g/mol. The number of anilines is 2. The topological polar surface area (TPSA) is 48.5 Å². The summed E-state index contributed by atoms with van der Waals surface area (Å²) in [7, 11) is 0. The molecule has 27 heavy (non-hydrogen) atoms. The first kappa shape index (κ1) is 19.4. The lowest BCUT2D eigenvalue weighted by Gasteiger charge is -2.36. The molecule has 1 aliphatic rings. The van der Waals surface area contributed by atoms with Crippen molar-refractivity contribution in [1.29, 1.82) is 0 Å². The van der Waals surface area contributed by atoms with E-state index in [0.717, 1.165) is 57.7 Å². The highest BCUT2D eigenvalue weighted by atomic mass is 16.1. The number of pyridine rings is 1. The van der Waals surface area contributed by atoms with Gasteiger partial charge in [0.2, 0.25) is 0 Å². The third-order valence-electron chi connectivity index (χ3n) is 5.06. The number of nitrogens with zero attached hydrogens (tertiary/aromatic N) is 3. The summed E-state index contributed by atoms with van der Waals surface area (Å²) < 4.78 is 0. The van der Waals surface area contributed by atoms with Gasteiger partial charge in [0.15, 0.2) is 6.29 Å². The second kappa shape index (κ2) is 9.51. The van der Waals surface area contributed by atoms with Gasteiger partial charge in [-0.25, -0.2) is 4.98 Å². The lowest BCUT2D eigenvalue weighted by atomic mass is 10.1. The SMILES string of the molecule is CC(C)CCNc1nccc(N2CCN(Cc3ccccc3)CC2)c1C=O. The van der Waals surface area contributed by atoms with Crippen LogP contribution < -0.4 is 10.2 Å². The van der Waals surface area contributed by atoms with Gasteiger partial charge in [0.1, 0.15) is 5.82 Å². The van der Waals surface area contributed by atoms with Crippen molar-refractivity contribution in [3.63, 3.8) is 0 Å². The van der Waals surface area contributed by atoms with Crippen LogP contribution in [0.3, 0.4) is 0 Å². The minimum atomic E-state index is 0.623. The Morgan fingerprint density at radius 2 is 1.85 bits per heavy atom. The minimum Gasteiger partial charge on any atom is -0.369 e. The number of aromatic nitrogens is 1. The van der Waals surface area contributed by atoms with Crippen molar-refractivity contribution in [2.45, 2.75) is 26.8 Å². The van der Waals surface area contributed by atoms with E-state index in [1.807, 2.05) is 6.07 Å². The fourth-order valence-corrected chi connectivity index (χ4v) is 3.46. The lowest BCUT2D eigenvalue weighted by Crippen LogP contribution is -2.46. The van der Waals surface area contributed by atoms with E-state index in [1.165, 1.54) is 5.56 Å². The van der Waals surface area contributed by atoms with Crippen molar-refractivity contribution in [3.05, 3.63) is 53.7 Å². The zero-order valence-electron chi connectivity index (χ0n) is 16.4. The van der Waals surface area contributed by atoms with Crippen molar-refractivity contribution in [2.24, 2.45) is 5.92 Å². The molecule has 1 aromatic carbocycles. The molecule has 1 saturated heterocycles. The molecule has 1 aromatic heterocycles. The van der Waals surface area contributed by atoms with Crippen LogP contribution in [0.25, 0.3) is 0 Å². The standard InChI is InChI=1S/C22H30N4O/c1-18(2)8-10-23-22-20(17-27)21(9-11-24-22)26-14-12-25(13-15-26)16-19-6-4-3-5-7-19/h3-7,9,11,17-18H,8,10,12-16H2,1-2H3,(H,23,24). The molecule has 0 atom stereocenters. The first-order chi connectivity index (χ1) is 13.2. The van der Waals surface area contributed by atoms with Gasteiger partial charge in [0.25, 0.3) is 0 Å². The third-order valence-corrected chi connectivity index (χ3v) is 5.06. The summed E-state index contributed by atoms with van der Waals surface area (Å²) in [5.74, 6) is 1.33. The van der Waals surface area contributed by atoms with Gasteiger partial charge >= 0.3 is 0 Å². The Kier molecular flexibility index (Phi) is 6.82. The molecule has 3 rings (SSSR count). The van der Waals surface area contributed by atoms with E-state index in [1.54, 1.807) is 6.20 Å². The maximum atomic E-state index is 11.8. The molecule has 0 aliphatic carbocycles. The van der Waals surface area contributed by atoms with E-state index in [4.69, 9.17) is 0 Å². The number of benzene rings is 1. The smallest absolute Gasteiger partial charge is 0.155 e. The molecule has 5 nitrogen and oxygen atoms in total. The second-order valence-corrected chi connectivity index (χ2v) is 7.57. The molecule has 0 unspecified atom stereocenters. The Labute approximate surface area is 162 Å². The van der Waals surface area contributed by atoms with Crippen molar-refractivity contribution < 1.29 is 4.79 Å². The highest BCUT2D eigenvalue weighted by Crippen LogP contribution is 2.25. The molecule has 1 aliphatic heterocycles. The number of rotatable bonds is 8. The molecule has 2 aromatic rings. The van der Waals surface area contributed by atoms with Crippen LogP contribution in [-0.4, -0.2) is 48.9 Å². The fourth-order valence-electron chi connectivity index (χ4n) is 3.46. The second-order valence-electron chi connectivity index (χ2n) is 7.57. The van der Waals surface area contributed by atoms with Crippen LogP contribution in [-0.2, 0) is 6.54 Å². The predicted molar refractivity (Wildman–Crippen MR) is 112 cm³/mol. The Morgan fingerprint density at radius 3 is 2.52 bits per heavy atom. The summed E-state index contributed by atoms with van der Waals surface area (Å²) in [6.45, 7) is 10.0. The molecule has 0 amide bonds. The van der Waals surface area contributed by atoms with Gasteiger partial charge in [-0.1, -0.05) is 44.2 Å². The largest absolute Gasteiger partial charge is 0.369 e. The summed E-state index contributed by atoms with van der Waals surface area (Å²) >= 11 is 0. The number of aldehydes is 1. The lowest BCUT2D eigenvalue weighted by molar-refractivity contribution is 0.112. The monoisotopic (exact) mass is 366 g/mol.